The molecule has 2 aromatic heterocycles. The largest absolute Gasteiger partial charge is 0.355 e. The Morgan fingerprint density at radius 2 is 1.85 bits per heavy atom. The predicted molar refractivity (Wildman–Crippen MR) is 126 cm³/mol. The smallest absolute Gasteiger partial charge is 0.250 e. The van der Waals surface area contributed by atoms with Gasteiger partial charge in [0, 0.05) is 55.8 Å². The van der Waals surface area contributed by atoms with Crippen LogP contribution in [0.2, 0.25) is 0 Å². The average Bonchev–Trinajstić information content (AvgIpc) is 2.80. The monoisotopic (exact) mass is 464 g/mol. The molecular weight excluding hydrogens is 443 g/mol. The third kappa shape index (κ3) is 4.58. The van der Waals surface area contributed by atoms with Crippen LogP contribution in [0.25, 0.3) is 22.3 Å². The molecule has 0 amide bonds. The first-order chi connectivity index (χ1) is 15.4. The first-order valence-electron chi connectivity index (χ1n) is 10.2. The minimum atomic E-state index is -0.675. The second-order valence-corrected chi connectivity index (χ2v) is 7.85. The summed E-state index contributed by atoms with van der Waals surface area (Å²) in [5.41, 5.74) is 8.05. The summed E-state index contributed by atoms with van der Waals surface area (Å²) in [6, 6.07) is 11.6. The molecule has 3 aromatic rings. The number of pyridine rings is 2. The number of halogens is 2. The summed E-state index contributed by atoms with van der Waals surface area (Å²) in [7, 11) is 1.64. The molecule has 0 spiro atoms. The first kappa shape index (κ1) is 23.9. The van der Waals surface area contributed by atoms with Crippen LogP contribution in [0, 0.1) is 28.5 Å². The number of hydrogen-bond acceptors (Lipinski definition) is 6. The van der Waals surface area contributed by atoms with Gasteiger partial charge in [-0.2, -0.15) is 10.5 Å². The van der Waals surface area contributed by atoms with E-state index < -0.39 is 5.82 Å². The van der Waals surface area contributed by atoms with Crippen molar-refractivity contribution in [3.05, 3.63) is 70.0 Å². The lowest BCUT2D eigenvalue weighted by Gasteiger charge is -2.32. The summed E-state index contributed by atoms with van der Waals surface area (Å²) in [6.07, 6.45) is 4.81. The summed E-state index contributed by atoms with van der Waals surface area (Å²) < 4.78 is 16.0. The van der Waals surface area contributed by atoms with Crippen molar-refractivity contribution in [3.8, 4) is 34.4 Å². The average molecular weight is 465 g/mol. The number of rotatable bonds is 3. The molecule has 1 aliphatic heterocycles. The van der Waals surface area contributed by atoms with Crippen molar-refractivity contribution in [1.29, 1.82) is 10.5 Å². The fraction of sp³-hybridized carbons (Fsp3) is 0.250. The van der Waals surface area contributed by atoms with Gasteiger partial charge in [0.05, 0.1) is 5.56 Å². The van der Waals surface area contributed by atoms with Crippen molar-refractivity contribution < 1.29 is 4.39 Å². The highest BCUT2D eigenvalue weighted by Gasteiger charge is 2.25. The predicted octanol–water partition coefficient (Wildman–Crippen LogP) is 3.35. The van der Waals surface area contributed by atoms with Gasteiger partial charge in [0.25, 0.3) is 5.56 Å². The van der Waals surface area contributed by atoms with E-state index in [-0.39, 0.29) is 29.6 Å². The fourth-order valence-electron chi connectivity index (χ4n) is 3.95. The number of nitrogens with zero attached hydrogens (tertiary/aromatic N) is 5. The molecule has 2 N–H and O–H groups in total. The summed E-state index contributed by atoms with van der Waals surface area (Å²) in [6.45, 7) is 1.32. The van der Waals surface area contributed by atoms with E-state index in [1.54, 1.807) is 31.6 Å². The van der Waals surface area contributed by atoms with E-state index in [1.807, 2.05) is 11.0 Å². The van der Waals surface area contributed by atoms with Gasteiger partial charge in [-0.3, -0.25) is 4.79 Å². The van der Waals surface area contributed by atoms with Crippen LogP contribution in [0.1, 0.15) is 24.0 Å². The number of benzene rings is 1. The third-order valence-electron chi connectivity index (χ3n) is 5.80. The zero-order valence-corrected chi connectivity index (χ0v) is 18.8. The number of anilines is 1. The van der Waals surface area contributed by atoms with E-state index in [2.05, 4.69) is 11.1 Å². The maximum Gasteiger partial charge on any atom is 0.250 e. The lowest BCUT2D eigenvalue weighted by atomic mass is 9.91. The SMILES string of the molecule is Cl.Cn1ccc(-c2cnc(N3CCC(N)CC3)c(C#N)c2-c2ccc(C#N)c(F)c2)cc1=O. The van der Waals surface area contributed by atoms with Crippen LogP contribution in [0.3, 0.4) is 0 Å². The van der Waals surface area contributed by atoms with E-state index in [1.165, 1.54) is 22.8 Å². The van der Waals surface area contributed by atoms with Crippen LogP contribution in [-0.2, 0) is 7.05 Å². The minimum absolute atomic E-state index is 0. The molecule has 1 aromatic carbocycles. The van der Waals surface area contributed by atoms with Crippen molar-refractivity contribution in [2.75, 3.05) is 18.0 Å². The highest BCUT2D eigenvalue weighted by molar-refractivity contribution is 5.90. The van der Waals surface area contributed by atoms with E-state index >= 15 is 0 Å². The Morgan fingerprint density at radius 1 is 1.12 bits per heavy atom. The molecule has 3 heterocycles. The van der Waals surface area contributed by atoms with E-state index in [0.29, 0.717) is 46.7 Å². The first-order valence-corrected chi connectivity index (χ1v) is 10.2. The number of nitrogens with two attached hydrogens (primary N) is 1. The molecule has 0 bridgehead atoms. The maximum atomic E-state index is 14.5. The number of hydrogen-bond donors (Lipinski definition) is 1. The van der Waals surface area contributed by atoms with Crippen molar-refractivity contribution in [3.63, 3.8) is 0 Å². The quantitative estimate of drug-likeness (QED) is 0.636. The van der Waals surface area contributed by atoms with Gasteiger partial charge < -0.3 is 15.2 Å². The Balaban J connectivity index is 0.00000306. The fourth-order valence-corrected chi connectivity index (χ4v) is 3.95. The maximum absolute atomic E-state index is 14.5. The molecule has 0 unspecified atom stereocenters. The van der Waals surface area contributed by atoms with Crippen molar-refractivity contribution in [2.24, 2.45) is 12.8 Å². The zero-order valence-electron chi connectivity index (χ0n) is 18.0. The Bertz CT molecular complexity index is 1330. The summed E-state index contributed by atoms with van der Waals surface area (Å²) >= 11 is 0. The second kappa shape index (κ2) is 9.83. The molecule has 0 atom stereocenters. The number of nitriles is 2. The molecule has 33 heavy (non-hydrogen) atoms. The molecule has 0 saturated carbocycles. The Hall–Kier alpha value is -3.72. The molecule has 168 valence electrons. The topological polar surface area (TPSA) is 112 Å². The van der Waals surface area contributed by atoms with Crippen LogP contribution in [0.15, 0.2) is 47.5 Å². The molecule has 1 fully saturated rings. The summed E-state index contributed by atoms with van der Waals surface area (Å²) in [5, 5.41) is 19.2. The minimum Gasteiger partial charge on any atom is -0.355 e. The van der Waals surface area contributed by atoms with E-state index in [9.17, 15) is 14.4 Å². The summed E-state index contributed by atoms with van der Waals surface area (Å²) in [5.74, 6) is -0.169. The molecule has 1 saturated heterocycles. The van der Waals surface area contributed by atoms with E-state index in [4.69, 9.17) is 11.0 Å². The molecule has 4 rings (SSSR count). The van der Waals surface area contributed by atoms with Gasteiger partial charge in [-0.25, -0.2) is 9.37 Å². The number of piperidine rings is 1. The van der Waals surface area contributed by atoms with Crippen molar-refractivity contribution in [2.45, 2.75) is 18.9 Å². The van der Waals surface area contributed by atoms with Crippen molar-refractivity contribution in [1.82, 2.24) is 9.55 Å². The third-order valence-corrected chi connectivity index (χ3v) is 5.80. The molecule has 1 aliphatic rings. The van der Waals surface area contributed by atoms with Crippen LogP contribution in [-0.4, -0.2) is 28.7 Å². The lowest BCUT2D eigenvalue weighted by molar-refractivity contribution is 0.498. The number of aryl methyl sites for hydroxylation is 1. The second-order valence-electron chi connectivity index (χ2n) is 7.85. The van der Waals surface area contributed by atoms with Gasteiger partial charge in [0.15, 0.2) is 0 Å². The Morgan fingerprint density at radius 3 is 2.45 bits per heavy atom. The highest BCUT2D eigenvalue weighted by Crippen LogP contribution is 2.38. The zero-order chi connectivity index (χ0) is 22.8. The number of aromatic nitrogens is 2. The summed E-state index contributed by atoms with van der Waals surface area (Å²) in [4.78, 5) is 18.8. The molecular formula is C24H22ClFN6O. The van der Waals surface area contributed by atoms with E-state index in [0.717, 1.165) is 12.8 Å². The molecule has 7 nitrogen and oxygen atoms in total. The highest BCUT2D eigenvalue weighted by atomic mass is 35.5. The van der Waals surface area contributed by atoms with Crippen LogP contribution in [0.4, 0.5) is 10.2 Å². The molecule has 0 radical (unpaired) electrons. The van der Waals surface area contributed by atoms with Crippen LogP contribution < -0.4 is 16.2 Å². The Labute approximate surface area is 196 Å². The van der Waals surface area contributed by atoms with Gasteiger partial charge in [-0.05, 0) is 42.2 Å². The standard InChI is InChI=1S/C24H21FN6O.ClH/c1-30-7-4-15(11-22(30)32)20-14-29-24(31-8-5-18(28)6-9-31)19(13-27)23(20)16-2-3-17(12-26)21(25)10-16;/h2-4,7,10-11,14,18H,5-6,8-9,28H2,1H3;1H. The van der Waals surface area contributed by atoms with Gasteiger partial charge >= 0.3 is 0 Å². The molecule has 0 aliphatic carbocycles. The van der Waals surface area contributed by atoms with Crippen molar-refractivity contribution >= 4 is 18.2 Å². The molecule has 9 heteroatoms. The van der Waals surface area contributed by atoms with Gasteiger partial charge in [0.1, 0.15) is 29.3 Å². The van der Waals surface area contributed by atoms with Gasteiger partial charge in [-0.15, -0.1) is 12.4 Å². The van der Waals surface area contributed by atoms with Crippen LogP contribution >= 0.6 is 12.4 Å². The van der Waals surface area contributed by atoms with Gasteiger partial charge in [-0.1, -0.05) is 6.07 Å². The lowest BCUT2D eigenvalue weighted by Crippen LogP contribution is -2.40. The van der Waals surface area contributed by atoms with Crippen LogP contribution in [0.5, 0.6) is 0 Å². The normalized spacial score (nSPS) is 13.7. The van der Waals surface area contributed by atoms with Gasteiger partial charge in [0.2, 0.25) is 0 Å². The Kier molecular flexibility index (Phi) is 7.13.